The Morgan fingerprint density at radius 1 is 0.935 bits per heavy atom. The molecule has 31 heavy (non-hydrogen) atoms. The van der Waals surface area contributed by atoms with Gasteiger partial charge in [-0.1, -0.05) is 43.3 Å². The molecule has 0 saturated carbocycles. The fourth-order valence-corrected chi connectivity index (χ4v) is 5.28. The minimum atomic E-state index is -3.75. The van der Waals surface area contributed by atoms with Gasteiger partial charge >= 0.3 is 0 Å². The zero-order valence-electron chi connectivity index (χ0n) is 17.2. The number of aromatic nitrogens is 1. The minimum absolute atomic E-state index is 0.0825. The van der Waals surface area contributed by atoms with Crippen molar-refractivity contribution in [2.45, 2.75) is 30.0 Å². The maximum absolute atomic E-state index is 13.6. The van der Waals surface area contributed by atoms with Crippen molar-refractivity contribution in [2.75, 3.05) is 5.32 Å². The first-order chi connectivity index (χ1) is 15.0. The maximum atomic E-state index is 13.6. The molecule has 1 atom stereocenters. The van der Waals surface area contributed by atoms with Gasteiger partial charge in [0, 0.05) is 40.3 Å². The molecular formula is C25H24N2O3S. The summed E-state index contributed by atoms with van der Waals surface area (Å²) >= 11 is 0. The molecule has 2 N–H and O–H groups in total. The van der Waals surface area contributed by atoms with Crippen LogP contribution in [0, 0.1) is 0 Å². The molecule has 4 aromatic rings. The average molecular weight is 433 g/mol. The fraction of sp³-hybridized carbons (Fsp3) is 0.160. The normalized spacial score (nSPS) is 12.5. The molecule has 1 heterocycles. The number of hydrogen-bond donors (Lipinski definition) is 2. The Bertz CT molecular complexity index is 1290. The predicted octanol–water partition coefficient (Wildman–Crippen LogP) is 5.74. The number of rotatable bonds is 8. The molecule has 4 rings (SSSR count). The molecular weight excluding hydrogens is 408 g/mol. The van der Waals surface area contributed by atoms with Gasteiger partial charge < -0.3 is 10.3 Å². The standard InChI is InChI=1S/C25H24N2O3S/c1-2-8-24(28)18-13-15-19(16-14-18)27-25(31(29,30)20-9-4-3-5-10-20)22-17-26-23-12-7-6-11-21(22)23/h3-7,9-17,25-27H,2,8H2,1H3. The fourth-order valence-electron chi connectivity index (χ4n) is 3.65. The Morgan fingerprint density at radius 3 is 2.32 bits per heavy atom. The number of para-hydroxylation sites is 1. The predicted molar refractivity (Wildman–Crippen MR) is 124 cm³/mol. The zero-order chi connectivity index (χ0) is 21.8. The van der Waals surface area contributed by atoms with Gasteiger partial charge in [0.25, 0.3) is 0 Å². The van der Waals surface area contributed by atoms with Crippen LogP contribution in [0.25, 0.3) is 10.9 Å². The van der Waals surface area contributed by atoms with Crippen LogP contribution in [0.3, 0.4) is 0 Å². The quantitative estimate of drug-likeness (QED) is 0.348. The lowest BCUT2D eigenvalue weighted by Crippen LogP contribution is -2.21. The van der Waals surface area contributed by atoms with Crippen LogP contribution in [-0.2, 0) is 9.84 Å². The molecule has 1 unspecified atom stereocenters. The molecule has 0 bridgehead atoms. The first-order valence-corrected chi connectivity index (χ1v) is 11.8. The van der Waals surface area contributed by atoms with Crippen molar-refractivity contribution in [1.29, 1.82) is 0 Å². The number of hydrogen-bond acceptors (Lipinski definition) is 4. The zero-order valence-corrected chi connectivity index (χ0v) is 18.0. The van der Waals surface area contributed by atoms with E-state index in [9.17, 15) is 13.2 Å². The van der Waals surface area contributed by atoms with Crippen LogP contribution < -0.4 is 5.32 Å². The molecule has 0 saturated heterocycles. The summed E-state index contributed by atoms with van der Waals surface area (Å²) < 4.78 is 27.2. The van der Waals surface area contributed by atoms with E-state index < -0.39 is 15.2 Å². The number of H-pyrrole nitrogens is 1. The molecule has 0 aliphatic rings. The van der Waals surface area contributed by atoms with Crippen LogP contribution in [0.5, 0.6) is 0 Å². The van der Waals surface area contributed by atoms with E-state index in [1.165, 1.54) is 0 Å². The van der Waals surface area contributed by atoms with E-state index in [0.29, 0.717) is 23.2 Å². The van der Waals surface area contributed by atoms with E-state index in [0.717, 1.165) is 17.3 Å². The van der Waals surface area contributed by atoms with Crippen molar-refractivity contribution in [3.05, 3.63) is 96.2 Å². The van der Waals surface area contributed by atoms with E-state index in [2.05, 4.69) is 10.3 Å². The van der Waals surface area contributed by atoms with E-state index in [4.69, 9.17) is 0 Å². The van der Waals surface area contributed by atoms with Crippen molar-refractivity contribution in [3.63, 3.8) is 0 Å². The lowest BCUT2D eigenvalue weighted by Gasteiger charge is -2.20. The monoisotopic (exact) mass is 432 g/mol. The summed E-state index contributed by atoms with van der Waals surface area (Å²) in [5.74, 6) is 0.0825. The number of carbonyl (C=O) groups is 1. The number of benzene rings is 3. The van der Waals surface area contributed by atoms with Gasteiger partial charge in [-0.2, -0.15) is 0 Å². The molecule has 1 aromatic heterocycles. The number of nitrogens with one attached hydrogen (secondary N) is 2. The topological polar surface area (TPSA) is 79.0 Å². The van der Waals surface area contributed by atoms with Crippen LogP contribution in [0.2, 0.25) is 0 Å². The first kappa shape index (κ1) is 20.9. The van der Waals surface area contributed by atoms with Crippen molar-refractivity contribution in [2.24, 2.45) is 0 Å². The second-order valence-corrected chi connectivity index (χ2v) is 9.46. The third-order valence-electron chi connectivity index (χ3n) is 5.27. The Hall–Kier alpha value is -3.38. The van der Waals surface area contributed by atoms with Crippen LogP contribution in [-0.4, -0.2) is 19.2 Å². The summed E-state index contributed by atoms with van der Waals surface area (Å²) in [4.78, 5) is 15.5. The SMILES string of the molecule is CCCC(=O)c1ccc(NC(c2c[nH]c3ccccc23)S(=O)(=O)c2ccccc2)cc1. The smallest absolute Gasteiger partial charge is 0.203 e. The summed E-state index contributed by atoms with van der Waals surface area (Å²) in [5.41, 5.74) is 2.77. The van der Waals surface area contributed by atoms with Gasteiger partial charge in [-0.3, -0.25) is 4.79 Å². The number of ketones is 1. The van der Waals surface area contributed by atoms with Gasteiger partial charge in [0.2, 0.25) is 9.84 Å². The largest absolute Gasteiger partial charge is 0.365 e. The molecule has 0 aliphatic carbocycles. The molecule has 0 amide bonds. The summed E-state index contributed by atoms with van der Waals surface area (Å²) in [6.07, 6.45) is 3.02. The highest BCUT2D eigenvalue weighted by Crippen LogP contribution is 2.34. The van der Waals surface area contributed by atoms with Gasteiger partial charge in [0.1, 0.15) is 0 Å². The molecule has 5 nitrogen and oxygen atoms in total. The van der Waals surface area contributed by atoms with Gasteiger partial charge in [-0.15, -0.1) is 0 Å². The Kier molecular flexibility index (Phi) is 5.91. The molecule has 0 aliphatic heterocycles. The van der Waals surface area contributed by atoms with Gasteiger partial charge in [-0.05, 0) is 48.9 Å². The second kappa shape index (κ2) is 8.78. The summed E-state index contributed by atoms with van der Waals surface area (Å²) in [6.45, 7) is 1.97. The van der Waals surface area contributed by atoms with Crippen LogP contribution in [0.1, 0.15) is 41.1 Å². The summed E-state index contributed by atoms with van der Waals surface area (Å²) in [6, 6.07) is 23.0. The number of aromatic amines is 1. The van der Waals surface area contributed by atoms with Gasteiger partial charge in [-0.25, -0.2) is 8.42 Å². The number of carbonyl (C=O) groups excluding carboxylic acids is 1. The summed E-state index contributed by atoms with van der Waals surface area (Å²) in [5, 5.41) is 3.04. The minimum Gasteiger partial charge on any atom is -0.365 e. The van der Waals surface area contributed by atoms with Crippen LogP contribution >= 0.6 is 0 Å². The molecule has 0 fully saturated rings. The Morgan fingerprint density at radius 2 is 1.61 bits per heavy atom. The highest BCUT2D eigenvalue weighted by molar-refractivity contribution is 7.91. The van der Waals surface area contributed by atoms with Crippen LogP contribution in [0.4, 0.5) is 5.69 Å². The highest BCUT2D eigenvalue weighted by Gasteiger charge is 2.31. The molecule has 158 valence electrons. The number of sulfone groups is 1. The van der Waals surface area contributed by atoms with E-state index in [1.54, 1.807) is 60.8 Å². The number of fused-ring (bicyclic) bond motifs is 1. The lowest BCUT2D eigenvalue weighted by molar-refractivity contribution is 0.0981. The maximum Gasteiger partial charge on any atom is 0.203 e. The third kappa shape index (κ3) is 4.25. The van der Waals surface area contributed by atoms with Crippen molar-refractivity contribution >= 4 is 32.2 Å². The number of anilines is 1. The lowest BCUT2D eigenvalue weighted by atomic mass is 10.1. The third-order valence-corrected chi connectivity index (χ3v) is 7.19. The van der Waals surface area contributed by atoms with Gasteiger partial charge in [0.15, 0.2) is 11.2 Å². The molecule has 0 spiro atoms. The summed E-state index contributed by atoms with van der Waals surface area (Å²) in [7, 11) is -3.75. The number of Topliss-reactive ketones (excluding diaryl/α,β-unsaturated/α-hetero) is 1. The van der Waals surface area contributed by atoms with E-state index in [1.807, 2.05) is 31.2 Å². The first-order valence-electron chi connectivity index (χ1n) is 10.3. The Labute approximate surface area is 182 Å². The van der Waals surface area contributed by atoms with Crippen molar-refractivity contribution < 1.29 is 13.2 Å². The average Bonchev–Trinajstić information content (AvgIpc) is 3.22. The highest BCUT2D eigenvalue weighted by atomic mass is 32.2. The molecule has 0 radical (unpaired) electrons. The van der Waals surface area contributed by atoms with Crippen molar-refractivity contribution in [3.8, 4) is 0 Å². The van der Waals surface area contributed by atoms with Crippen LogP contribution in [0.15, 0.2) is 90.0 Å². The Balaban J connectivity index is 1.76. The van der Waals surface area contributed by atoms with E-state index >= 15 is 0 Å². The van der Waals surface area contributed by atoms with Crippen molar-refractivity contribution in [1.82, 2.24) is 4.98 Å². The van der Waals surface area contributed by atoms with E-state index in [-0.39, 0.29) is 10.7 Å². The second-order valence-electron chi connectivity index (χ2n) is 7.42. The van der Waals surface area contributed by atoms with Gasteiger partial charge in [0.05, 0.1) is 4.90 Å². The molecule has 3 aromatic carbocycles. The molecule has 6 heteroatoms.